The molecule has 8 atom stereocenters. The Bertz CT molecular complexity index is 1120. The van der Waals surface area contributed by atoms with E-state index < -0.39 is 41.3 Å². The number of ether oxygens (including phenoxy) is 5. The third-order valence-corrected chi connectivity index (χ3v) is 8.79. The molecule has 4 unspecified atom stereocenters. The van der Waals surface area contributed by atoms with Gasteiger partial charge in [-0.1, -0.05) is 43.3 Å². The predicted octanol–water partition coefficient (Wildman–Crippen LogP) is 5.40. The molecule has 3 aliphatic heterocycles. The summed E-state index contributed by atoms with van der Waals surface area (Å²) < 4.78 is 31.0. The summed E-state index contributed by atoms with van der Waals surface area (Å²) in [5, 5.41) is 21.9. The van der Waals surface area contributed by atoms with E-state index in [2.05, 4.69) is 19.1 Å². The Hall–Kier alpha value is -2.07. The van der Waals surface area contributed by atoms with E-state index in [1.54, 1.807) is 19.9 Å². The molecule has 8 nitrogen and oxygen atoms in total. The van der Waals surface area contributed by atoms with Crippen molar-refractivity contribution in [3.8, 4) is 0 Å². The van der Waals surface area contributed by atoms with E-state index in [9.17, 15) is 15.0 Å². The molecule has 3 saturated heterocycles. The second kappa shape index (κ2) is 13.3. The lowest BCUT2D eigenvalue weighted by molar-refractivity contribution is -0.349. The van der Waals surface area contributed by atoms with Crippen LogP contribution in [0.2, 0.25) is 0 Å². The van der Waals surface area contributed by atoms with Gasteiger partial charge >= 0.3 is 5.97 Å². The minimum Gasteiger partial charge on any atom is -0.457 e. The Balaban J connectivity index is 1.31. The molecule has 2 N–H and O–H groups in total. The lowest BCUT2D eigenvalue weighted by atomic mass is 9.78. The highest BCUT2D eigenvalue weighted by atomic mass is 16.7. The van der Waals surface area contributed by atoms with Gasteiger partial charge in [-0.15, -0.1) is 0 Å². The molecule has 0 amide bonds. The molecule has 1 aromatic carbocycles. The molecule has 3 fully saturated rings. The number of fused-ring (bicyclic) bond motifs is 1. The molecule has 1 spiro atoms. The van der Waals surface area contributed by atoms with Crippen molar-refractivity contribution in [2.75, 3.05) is 6.61 Å². The second-order valence-corrected chi connectivity index (χ2v) is 13.5. The molecule has 1 aromatic rings. The number of carbonyl (C=O) groups is 1. The Labute approximate surface area is 251 Å². The average molecular weight is 587 g/mol. The first-order valence-electron chi connectivity index (χ1n) is 15.3. The summed E-state index contributed by atoms with van der Waals surface area (Å²) in [6.45, 7) is 14.3. The normalized spacial score (nSPS) is 33.7. The molecule has 3 heterocycles. The first kappa shape index (κ1) is 32.8. The minimum atomic E-state index is -1.15. The van der Waals surface area contributed by atoms with Crippen molar-refractivity contribution < 1.29 is 38.7 Å². The molecule has 234 valence electrons. The van der Waals surface area contributed by atoms with Crippen molar-refractivity contribution >= 4 is 5.97 Å². The monoisotopic (exact) mass is 586 g/mol. The van der Waals surface area contributed by atoms with Crippen LogP contribution in [0.15, 0.2) is 53.6 Å². The molecule has 0 aromatic heterocycles. The van der Waals surface area contributed by atoms with Gasteiger partial charge < -0.3 is 33.9 Å². The molecule has 0 radical (unpaired) electrons. The fourth-order valence-electron chi connectivity index (χ4n) is 6.25. The lowest BCUT2D eigenvalue weighted by Gasteiger charge is -2.53. The summed E-state index contributed by atoms with van der Waals surface area (Å²) >= 11 is 0. The van der Waals surface area contributed by atoms with E-state index in [0.29, 0.717) is 43.6 Å². The van der Waals surface area contributed by atoms with Crippen LogP contribution in [0.4, 0.5) is 0 Å². The number of benzene rings is 1. The average Bonchev–Trinajstić information content (AvgIpc) is 3.21. The number of esters is 1. The number of rotatable bonds is 9. The SMILES string of the molecule is CC(=C\C(=O)OC(C)(C)C)/C(C)=C/[C@@H](O)[C@H](O)C1CCC2OC3(CCC2(C)O1)O[C@@H](COCc1ccccc1)C[C@@H]3C. The lowest BCUT2D eigenvalue weighted by Crippen LogP contribution is -2.61. The van der Waals surface area contributed by atoms with Crippen LogP contribution in [0.5, 0.6) is 0 Å². The first-order valence-corrected chi connectivity index (χ1v) is 15.3. The quantitative estimate of drug-likeness (QED) is 0.225. The number of aliphatic hydroxyl groups excluding tert-OH is 2. The summed E-state index contributed by atoms with van der Waals surface area (Å²) in [7, 11) is 0. The number of hydrogen-bond donors (Lipinski definition) is 2. The maximum atomic E-state index is 12.2. The highest BCUT2D eigenvalue weighted by Crippen LogP contribution is 2.51. The molecular formula is C34H50O8. The van der Waals surface area contributed by atoms with Crippen LogP contribution in [0.3, 0.4) is 0 Å². The third-order valence-electron chi connectivity index (χ3n) is 8.79. The Morgan fingerprint density at radius 3 is 2.48 bits per heavy atom. The second-order valence-electron chi connectivity index (χ2n) is 13.5. The van der Waals surface area contributed by atoms with Crippen LogP contribution >= 0.6 is 0 Å². The van der Waals surface area contributed by atoms with Crippen molar-refractivity contribution in [2.24, 2.45) is 5.92 Å². The molecule has 0 bridgehead atoms. The van der Waals surface area contributed by atoms with Crippen LogP contribution in [0.1, 0.15) is 86.1 Å². The van der Waals surface area contributed by atoms with Gasteiger partial charge in [-0.3, -0.25) is 0 Å². The van der Waals surface area contributed by atoms with E-state index >= 15 is 0 Å². The zero-order valence-corrected chi connectivity index (χ0v) is 26.3. The van der Waals surface area contributed by atoms with Crippen LogP contribution in [-0.2, 0) is 35.1 Å². The van der Waals surface area contributed by atoms with E-state index in [4.69, 9.17) is 23.7 Å². The van der Waals surface area contributed by atoms with Gasteiger partial charge in [-0.25, -0.2) is 4.79 Å². The third kappa shape index (κ3) is 8.10. The maximum Gasteiger partial charge on any atom is 0.331 e. The van der Waals surface area contributed by atoms with Gasteiger partial charge in [-0.2, -0.15) is 0 Å². The van der Waals surface area contributed by atoms with Crippen LogP contribution in [-0.4, -0.2) is 70.3 Å². The summed E-state index contributed by atoms with van der Waals surface area (Å²) in [5.74, 6) is -0.876. The number of aliphatic hydroxyl groups is 2. The van der Waals surface area contributed by atoms with Crippen molar-refractivity contribution in [1.82, 2.24) is 0 Å². The van der Waals surface area contributed by atoms with Gasteiger partial charge in [0, 0.05) is 18.4 Å². The van der Waals surface area contributed by atoms with Gasteiger partial charge in [-0.05, 0) is 83.9 Å². The molecular weight excluding hydrogens is 536 g/mol. The topological polar surface area (TPSA) is 104 Å². The molecule has 4 rings (SSSR count). The largest absolute Gasteiger partial charge is 0.457 e. The van der Waals surface area contributed by atoms with Gasteiger partial charge in [0.2, 0.25) is 0 Å². The maximum absolute atomic E-state index is 12.2. The van der Waals surface area contributed by atoms with E-state index in [1.807, 2.05) is 45.9 Å². The fourth-order valence-corrected chi connectivity index (χ4v) is 6.25. The summed E-state index contributed by atoms with van der Waals surface area (Å²) in [5.41, 5.74) is 1.31. The van der Waals surface area contributed by atoms with Crippen molar-refractivity contribution in [3.63, 3.8) is 0 Å². The Kier molecular flexibility index (Phi) is 10.4. The van der Waals surface area contributed by atoms with Gasteiger partial charge in [0.15, 0.2) is 5.79 Å². The molecule has 8 heteroatoms. The van der Waals surface area contributed by atoms with Crippen molar-refractivity contribution in [1.29, 1.82) is 0 Å². The highest BCUT2D eigenvalue weighted by molar-refractivity contribution is 5.83. The number of carbonyl (C=O) groups excluding carboxylic acids is 1. The van der Waals surface area contributed by atoms with Gasteiger partial charge in [0.25, 0.3) is 0 Å². The first-order chi connectivity index (χ1) is 19.7. The summed E-state index contributed by atoms with van der Waals surface area (Å²) in [6.07, 6.45) is 3.50. The fraction of sp³-hybridized carbons (Fsp3) is 0.676. The van der Waals surface area contributed by atoms with Crippen molar-refractivity contribution in [3.05, 3.63) is 59.2 Å². The van der Waals surface area contributed by atoms with Crippen LogP contribution in [0.25, 0.3) is 0 Å². The summed E-state index contributed by atoms with van der Waals surface area (Å²) in [4.78, 5) is 12.2. The zero-order valence-electron chi connectivity index (χ0n) is 26.3. The van der Waals surface area contributed by atoms with E-state index in [1.165, 1.54) is 6.08 Å². The smallest absolute Gasteiger partial charge is 0.331 e. The van der Waals surface area contributed by atoms with Gasteiger partial charge in [0.05, 0.1) is 37.1 Å². The molecule has 0 aliphatic carbocycles. The molecule has 0 saturated carbocycles. The standard InChI is InChI=1S/C34H50O8/c1-22(23(2)18-30(36)42-32(4,5)6)17-27(35)31(37)28-13-14-29-33(7,40-28)15-16-34(41-29)24(3)19-26(39-34)21-38-20-25-11-9-8-10-12-25/h8-12,17-18,24,26-29,31,35,37H,13-16,19-21H2,1-7H3/b22-17+,23-18+/t24-,26+,27+,28?,29?,31-,33?,34?/m0/s1. The predicted molar refractivity (Wildman–Crippen MR) is 159 cm³/mol. The van der Waals surface area contributed by atoms with Crippen LogP contribution < -0.4 is 0 Å². The molecule has 3 aliphatic rings. The van der Waals surface area contributed by atoms with E-state index in [0.717, 1.165) is 18.4 Å². The van der Waals surface area contributed by atoms with Crippen molar-refractivity contribution in [2.45, 2.75) is 135 Å². The summed E-state index contributed by atoms with van der Waals surface area (Å²) in [6, 6.07) is 10.1. The number of hydrogen-bond acceptors (Lipinski definition) is 8. The van der Waals surface area contributed by atoms with E-state index in [-0.39, 0.29) is 18.1 Å². The number of allylic oxidation sites excluding steroid dienone is 2. The highest BCUT2D eigenvalue weighted by Gasteiger charge is 2.57. The zero-order chi connectivity index (χ0) is 30.7. The Morgan fingerprint density at radius 2 is 1.79 bits per heavy atom. The Morgan fingerprint density at radius 1 is 1.07 bits per heavy atom. The van der Waals surface area contributed by atoms with Crippen LogP contribution in [0, 0.1) is 5.92 Å². The minimum absolute atomic E-state index is 0.0230. The molecule has 42 heavy (non-hydrogen) atoms. The van der Waals surface area contributed by atoms with Gasteiger partial charge in [0.1, 0.15) is 17.8 Å².